The summed E-state index contributed by atoms with van der Waals surface area (Å²) in [6, 6.07) is 24.0. The van der Waals surface area contributed by atoms with Crippen LogP contribution in [0.25, 0.3) is 22.5 Å². The molecule has 8 rings (SSSR count). The zero-order valence-electron chi connectivity index (χ0n) is 33.1. The molecule has 0 spiro atoms. The third-order valence-electron chi connectivity index (χ3n) is 11.1. The lowest BCUT2D eigenvalue weighted by Gasteiger charge is -2.35. The van der Waals surface area contributed by atoms with E-state index in [-0.39, 0.29) is 18.5 Å². The molecule has 0 bridgehead atoms. The zero-order chi connectivity index (χ0) is 40.5. The summed E-state index contributed by atoms with van der Waals surface area (Å²) in [6.45, 7) is 8.37. The Labute approximate surface area is 348 Å². The van der Waals surface area contributed by atoms with Gasteiger partial charge in [-0.2, -0.15) is 0 Å². The lowest BCUT2D eigenvalue weighted by Crippen LogP contribution is -2.56. The molecule has 3 fully saturated rings. The van der Waals surface area contributed by atoms with Crippen molar-refractivity contribution in [3.05, 3.63) is 106 Å². The van der Waals surface area contributed by atoms with Crippen molar-refractivity contribution in [3.8, 4) is 22.5 Å². The van der Waals surface area contributed by atoms with E-state index >= 15 is 0 Å². The van der Waals surface area contributed by atoms with E-state index < -0.39 is 11.5 Å². The number of ether oxygens (including phenoxy) is 1. The maximum absolute atomic E-state index is 13.2. The summed E-state index contributed by atoms with van der Waals surface area (Å²) in [4.78, 5) is 56.1. The number of esters is 1. The van der Waals surface area contributed by atoms with Gasteiger partial charge in [0, 0.05) is 79.8 Å². The lowest BCUT2D eigenvalue weighted by molar-refractivity contribution is -0.154. The van der Waals surface area contributed by atoms with Gasteiger partial charge >= 0.3 is 11.9 Å². The molecule has 3 aliphatic rings. The number of hydrogen-bond donors (Lipinski definition) is 2. The predicted octanol–water partition coefficient (Wildman–Crippen LogP) is 7.00. The molecule has 58 heavy (non-hydrogen) atoms. The van der Waals surface area contributed by atoms with E-state index in [1.807, 2.05) is 72.1 Å². The fourth-order valence-corrected chi connectivity index (χ4v) is 9.12. The summed E-state index contributed by atoms with van der Waals surface area (Å²) in [5.41, 5.74) is 4.54. The van der Waals surface area contributed by atoms with Crippen molar-refractivity contribution in [3.63, 3.8) is 0 Å². The highest BCUT2D eigenvalue weighted by Gasteiger charge is 2.42. The van der Waals surface area contributed by atoms with Gasteiger partial charge in [0.1, 0.15) is 12.1 Å². The number of carboxylic acid groups (broad SMARTS) is 1. The Bertz CT molecular complexity index is 2120. The van der Waals surface area contributed by atoms with Crippen LogP contribution in [0.1, 0.15) is 58.4 Å². The van der Waals surface area contributed by atoms with E-state index in [4.69, 9.17) is 14.8 Å². The first-order valence-electron chi connectivity index (χ1n) is 19.9. The van der Waals surface area contributed by atoms with Gasteiger partial charge in [0.15, 0.2) is 10.3 Å². The highest BCUT2D eigenvalue weighted by molar-refractivity contribution is 7.14. The second kappa shape index (κ2) is 19.1. The van der Waals surface area contributed by atoms with E-state index in [2.05, 4.69) is 49.4 Å². The number of benzene rings is 3. The second-order valence-corrected chi connectivity index (χ2v) is 16.9. The van der Waals surface area contributed by atoms with Gasteiger partial charge in [-0.25, -0.2) is 19.6 Å². The molecule has 0 unspecified atom stereocenters. The molecule has 2 aromatic heterocycles. The van der Waals surface area contributed by atoms with Gasteiger partial charge in [0.05, 0.1) is 17.0 Å². The Morgan fingerprint density at radius 3 is 1.64 bits per heavy atom. The molecular weight excluding hydrogens is 771 g/mol. The van der Waals surface area contributed by atoms with Gasteiger partial charge in [-0.1, -0.05) is 73.9 Å². The van der Waals surface area contributed by atoms with Crippen molar-refractivity contribution in [1.29, 1.82) is 0 Å². The molecule has 1 amide bonds. The molecule has 5 aromatic rings. The minimum absolute atomic E-state index is 0.204. The molecule has 1 saturated carbocycles. The van der Waals surface area contributed by atoms with Crippen molar-refractivity contribution in [2.24, 2.45) is 0 Å². The summed E-state index contributed by atoms with van der Waals surface area (Å²) in [6.07, 6.45) is 4.02. The van der Waals surface area contributed by atoms with Crippen LogP contribution in [0.5, 0.6) is 0 Å². The first-order chi connectivity index (χ1) is 28.2. The molecule has 3 aromatic carbocycles. The number of thiazole rings is 2. The molecule has 0 atom stereocenters. The number of hydrogen-bond acceptors (Lipinski definition) is 12. The quantitative estimate of drug-likeness (QED) is 0.141. The Balaban J connectivity index is 0.000000206. The molecule has 304 valence electrons. The number of carbonyl (C=O) groups excluding carboxylic acids is 2. The standard InChI is InChI=1S/C29H34N4O3S.C15H17N3O2S/c1-32-16-18-33(19-17-32)28-30-25(21-37-28)23-10-12-24(13-11-23)26(34)31-29(14-6-3-7-15-29)27(35)36-20-22-8-4-2-5-9-22;1-17-6-8-18(9-7-17)15-16-13(10-21-15)11-2-4-12(5-3-11)14(19)20/h2,4-5,8-13,21H,3,6-7,14-20H2,1H3,(H,31,34);2-5,10H,6-9H2,1H3,(H,19,20). The molecule has 2 aliphatic heterocycles. The number of nitrogens with zero attached hydrogens (tertiary/aromatic N) is 6. The Morgan fingerprint density at radius 2 is 1.16 bits per heavy atom. The van der Waals surface area contributed by atoms with Crippen LogP contribution in [0, 0.1) is 0 Å². The predicted molar refractivity (Wildman–Crippen MR) is 231 cm³/mol. The summed E-state index contributed by atoms with van der Waals surface area (Å²) >= 11 is 3.30. The third kappa shape index (κ3) is 10.3. The minimum Gasteiger partial charge on any atom is -0.478 e. The molecule has 1 aliphatic carbocycles. The minimum atomic E-state index is -0.977. The van der Waals surface area contributed by atoms with Gasteiger partial charge in [-0.15, -0.1) is 22.7 Å². The van der Waals surface area contributed by atoms with Crippen LogP contribution in [-0.4, -0.2) is 115 Å². The number of carboxylic acids is 1. The first kappa shape index (κ1) is 41.0. The number of likely N-dealkylation sites (N-methyl/N-ethyl adjacent to an activating group) is 2. The highest BCUT2D eigenvalue weighted by atomic mass is 32.1. The maximum atomic E-state index is 13.2. The monoisotopic (exact) mass is 821 g/mol. The van der Waals surface area contributed by atoms with Crippen LogP contribution in [0.2, 0.25) is 0 Å². The molecule has 2 N–H and O–H groups in total. The third-order valence-corrected chi connectivity index (χ3v) is 12.9. The normalized spacial score (nSPS) is 17.2. The van der Waals surface area contributed by atoms with Crippen molar-refractivity contribution < 1.29 is 24.2 Å². The SMILES string of the molecule is CN1CCN(c2nc(-c3ccc(C(=O)NC4(C(=O)OCc5ccccc5)CCCCC4)cc3)cs2)CC1.CN1CCN(c2nc(-c3ccc(C(=O)O)cc3)cs2)CC1. The zero-order valence-corrected chi connectivity index (χ0v) is 34.8. The highest BCUT2D eigenvalue weighted by Crippen LogP contribution is 2.32. The van der Waals surface area contributed by atoms with Crippen LogP contribution in [0.15, 0.2) is 89.6 Å². The Morgan fingerprint density at radius 1 is 0.672 bits per heavy atom. The number of piperazine rings is 2. The molecule has 4 heterocycles. The summed E-state index contributed by atoms with van der Waals surface area (Å²) < 4.78 is 5.68. The average Bonchev–Trinajstić information content (AvgIpc) is 3.96. The van der Waals surface area contributed by atoms with Crippen molar-refractivity contribution in [2.45, 2.75) is 44.2 Å². The number of carbonyl (C=O) groups is 3. The number of amides is 1. The van der Waals surface area contributed by atoms with Crippen molar-refractivity contribution >= 4 is 50.8 Å². The number of aromatic nitrogens is 2. The van der Waals surface area contributed by atoms with Crippen LogP contribution in [0.3, 0.4) is 0 Å². The Hall–Kier alpha value is -5.15. The molecule has 14 heteroatoms. The van der Waals surface area contributed by atoms with E-state index in [9.17, 15) is 14.4 Å². The summed E-state index contributed by atoms with van der Waals surface area (Å²) in [5, 5.41) is 18.2. The largest absolute Gasteiger partial charge is 0.478 e. The van der Waals surface area contributed by atoms with Gasteiger partial charge in [0.2, 0.25) is 0 Å². The molecule has 2 saturated heterocycles. The Kier molecular flexibility index (Phi) is 13.5. The molecule has 0 radical (unpaired) electrons. The van der Waals surface area contributed by atoms with E-state index in [0.717, 1.165) is 110 Å². The second-order valence-electron chi connectivity index (χ2n) is 15.2. The number of nitrogens with one attached hydrogen (secondary N) is 1. The molecular formula is C44H51N7O5S2. The smallest absolute Gasteiger partial charge is 0.335 e. The average molecular weight is 822 g/mol. The van der Waals surface area contributed by atoms with E-state index in [1.165, 1.54) is 0 Å². The molecule has 12 nitrogen and oxygen atoms in total. The number of anilines is 2. The number of aromatic carboxylic acids is 1. The summed E-state index contributed by atoms with van der Waals surface area (Å²) in [7, 11) is 4.28. The van der Waals surface area contributed by atoms with Gasteiger partial charge in [-0.3, -0.25) is 4.79 Å². The topological polar surface area (TPSA) is 131 Å². The van der Waals surface area contributed by atoms with Crippen LogP contribution in [0.4, 0.5) is 10.3 Å². The number of rotatable bonds is 10. The van der Waals surface area contributed by atoms with Gasteiger partial charge < -0.3 is 34.8 Å². The fourth-order valence-electron chi connectivity index (χ4n) is 7.34. The van der Waals surface area contributed by atoms with Crippen LogP contribution < -0.4 is 15.1 Å². The van der Waals surface area contributed by atoms with Crippen molar-refractivity contribution in [1.82, 2.24) is 25.1 Å². The van der Waals surface area contributed by atoms with Crippen LogP contribution in [-0.2, 0) is 16.1 Å². The fraction of sp³-hybridized carbons (Fsp3) is 0.386. The maximum Gasteiger partial charge on any atom is 0.335 e. The van der Waals surface area contributed by atoms with E-state index in [1.54, 1.807) is 34.8 Å². The van der Waals surface area contributed by atoms with Crippen LogP contribution >= 0.6 is 22.7 Å². The summed E-state index contributed by atoms with van der Waals surface area (Å²) in [5.74, 6) is -1.50. The lowest BCUT2D eigenvalue weighted by atomic mass is 9.81. The van der Waals surface area contributed by atoms with Crippen molar-refractivity contribution in [2.75, 3.05) is 76.3 Å². The van der Waals surface area contributed by atoms with Gasteiger partial charge in [0.25, 0.3) is 5.91 Å². The van der Waals surface area contributed by atoms with E-state index in [0.29, 0.717) is 24.0 Å². The first-order valence-corrected chi connectivity index (χ1v) is 21.7. The van der Waals surface area contributed by atoms with Gasteiger partial charge in [-0.05, 0) is 56.8 Å².